The topological polar surface area (TPSA) is 49.9 Å². The van der Waals surface area contributed by atoms with Gasteiger partial charge in [-0.05, 0) is 52.4 Å². The Morgan fingerprint density at radius 1 is 1.14 bits per heavy atom. The standard InChI is InChI=1S/C16H26N2O3/c1-10-6-5-7-18(10)14(19)13-11-8-17(9-12(11)13)15(20)21-16(2,3)4/h10-13H,5-9H2,1-4H3/t10-,11-,12+,13?/m1/s1. The van der Waals surface area contributed by atoms with Gasteiger partial charge in [-0.25, -0.2) is 4.79 Å². The van der Waals surface area contributed by atoms with Crippen LogP contribution >= 0.6 is 0 Å². The largest absolute Gasteiger partial charge is 0.444 e. The monoisotopic (exact) mass is 294 g/mol. The molecule has 3 fully saturated rings. The maximum absolute atomic E-state index is 12.5. The van der Waals surface area contributed by atoms with Crippen LogP contribution in [0, 0.1) is 17.8 Å². The van der Waals surface area contributed by atoms with Gasteiger partial charge in [-0.3, -0.25) is 4.79 Å². The molecule has 0 N–H and O–H groups in total. The smallest absolute Gasteiger partial charge is 0.410 e. The predicted molar refractivity (Wildman–Crippen MR) is 78.7 cm³/mol. The van der Waals surface area contributed by atoms with E-state index in [1.807, 2.05) is 25.7 Å². The Bertz CT molecular complexity index is 445. The minimum Gasteiger partial charge on any atom is -0.444 e. The molecular formula is C16H26N2O3. The van der Waals surface area contributed by atoms with E-state index >= 15 is 0 Å². The van der Waals surface area contributed by atoms with Gasteiger partial charge in [0.2, 0.25) is 5.91 Å². The minimum atomic E-state index is -0.454. The summed E-state index contributed by atoms with van der Waals surface area (Å²) < 4.78 is 5.39. The molecular weight excluding hydrogens is 268 g/mol. The highest BCUT2D eigenvalue weighted by Gasteiger charge is 2.61. The molecule has 1 aliphatic carbocycles. The number of nitrogens with zero attached hydrogens (tertiary/aromatic N) is 2. The van der Waals surface area contributed by atoms with E-state index in [-0.39, 0.29) is 12.0 Å². The second kappa shape index (κ2) is 4.89. The molecule has 3 rings (SSSR count). The third kappa shape index (κ3) is 2.74. The Morgan fingerprint density at radius 3 is 2.24 bits per heavy atom. The number of piperidine rings is 1. The lowest BCUT2D eigenvalue weighted by Gasteiger charge is -2.27. The molecule has 5 heteroatoms. The fourth-order valence-electron chi connectivity index (χ4n) is 3.82. The summed E-state index contributed by atoms with van der Waals surface area (Å²) in [5, 5.41) is 0. The number of amides is 2. The molecule has 2 aliphatic heterocycles. The first-order valence-corrected chi connectivity index (χ1v) is 8.06. The second-order valence-corrected chi connectivity index (χ2v) is 7.76. The van der Waals surface area contributed by atoms with E-state index in [0.29, 0.717) is 36.9 Å². The highest BCUT2D eigenvalue weighted by molar-refractivity contribution is 5.84. The molecule has 1 unspecified atom stereocenters. The molecule has 21 heavy (non-hydrogen) atoms. The van der Waals surface area contributed by atoms with Gasteiger partial charge in [-0.15, -0.1) is 0 Å². The maximum atomic E-state index is 12.5. The lowest BCUT2D eigenvalue weighted by molar-refractivity contribution is -0.134. The third-order valence-electron chi connectivity index (χ3n) is 4.97. The van der Waals surface area contributed by atoms with Crippen LogP contribution < -0.4 is 0 Å². The Hall–Kier alpha value is -1.26. The molecule has 118 valence electrons. The van der Waals surface area contributed by atoms with E-state index in [1.54, 1.807) is 4.90 Å². The molecule has 2 heterocycles. The van der Waals surface area contributed by atoms with Crippen LogP contribution in [0.2, 0.25) is 0 Å². The van der Waals surface area contributed by atoms with Gasteiger partial charge >= 0.3 is 6.09 Å². The predicted octanol–water partition coefficient (Wildman–Crippen LogP) is 2.11. The van der Waals surface area contributed by atoms with Gasteiger partial charge in [-0.1, -0.05) is 0 Å². The van der Waals surface area contributed by atoms with Crippen molar-refractivity contribution >= 4 is 12.0 Å². The lowest BCUT2D eigenvalue weighted by atomic mass is 10.2. The molecule has 4 atom stereocenters. The van der Waals surface area contributed by atoms with Crippen molar-refractivity contribution in [1.29, 1.82) is 0 Å². The molecule has 0 aromatic rings. The van der Waals surface area contributed by atoms with Crippen molar-refractivity contribution < 1.29 is 14.3 Å². The van der Waals surface area contributed by atoms with Gasteiger partial charge in [0.05, 0.1) is 0 Å². The van der Waals surface area contributed by atoms with E-state index in [2.05, 4.69) is 6.92 Å². The van der Waals surface area contributed by atoms with Gasteiger partial charge in [0.1, 0.15) is 5.60 Å². The van der Waals surface area contributed by atoms with Crippen LogP contribution in [0.25, 0.3) is 0 Å². The van der Waals surface area contributed by atoms with E-state index in [9.17, 15) is 9.59 Å². The molecule has 3 aliphatic rings. The van der Waals surface area contributed by atoms with Crippen molar-refractivity contribution in [2.45, 2.75) is 52.2 Å². The van der Waals surface area contributed by atoms with Crippen LogP contribution in [0.4, 0.5) is 4.79 Å². The van der Waals surface area contributed by atoms with Crippen LogP contribution in [-0.2, 0) is 9.53 Å². The first-order chi connectivity index (χ1) is 9.78. The van der Waals surface area contributed by atoms with Gasteiger partial charge in [0.25, 0.3) is 0 Å². The minimum absolute atomic E-state index is 0.157. The molecule has 2 amide bonds. The van der Waals surface area contributed by atoms with Crippen LogP contribution in [0.1, 0.15) is 40.5 Å². The fraction of sp³-hybridized carbons (Fsp3) is 0.875. The first-order valence-electron chi connectivity index (χ1n) is 8.06. The molecule has 5 nitrogen and oxygen atoms in total. The fourth-order valence-corrected chi connectivity index (χ4v) is 3.82. The van der Waals surface area contributed by atoms with Crippen molar-refractivity contribution in [2.75, 3.05) is 19.6 Å². The number of carbonyl (C=O) groups excluding carboxylic acids is 2. The zero-order valence-electron chi connectivity index (χ0n) is 13.5. The zero-order valence-corrected chi connectivity index (χ0v) is 13.5. The average molecular weight is 294 g/mol. The first kappa shape index (κ1) is 14.7. The van der Waals surface area contributed by atoms with Crippen LogP contribution in [0.15, 0.2) is 0 Å². The summed E-state index contributed by atoms with van der Waals surface area (Å²) in [7, 11) is 0. The molecule has 0 aromatic carbocycles. The van der Waals surface area contributed by atoms with Gasteiger partial charge in [0.15, 0.2) is 0 Å². The number of fused-ring (bicyclic) bond motifs is 1. The molecule has 2 saturated heterocycles. The number of likely N-dealkylation sites (tertiary alicyclic amines) is 2. The van der Waals surface area contributed by atoms with Crippen molar-refractivity contribution in [3.05, 3.63) is 0 Å². The van der Waals surface area contributed by atoms with E-state index in [1.165, 1.54) is 0 Å². The Balaban J connectivity index is 1.52. The molecule has 0 spiro atoms. The van der Waals surface area contributed by atoms with E-state index in [4.69, 9.17) is 4.74 Å². The maximum Gasteiger partial charge on any atom is 0.410 e. The SMILES string of the molecule is C[C@@H]1CCCN1C(=O)C1[C@H]2CN(C(=O)OC(C)(C)C)C[C@@H]12. The summed E-state index contributed by atoms with van der Waals surface area (Å²) in [5.41, 5.74) is -0.454. The normalized spacial score (nSPS) is 34.9. The quantitative estimate of drug-likeness (QED) is 0.744. The van der Waals surface area contributed by atoms with E-state index < -0.39 is 5.60 Å². The Labute approximate surface area is 126 Å². The van der Waals surface area contributed by atoms with Crippen LogP contribution in [-0.4, -0.2) is 53.1 Å². The van der Waals surface area contributed by atoms with Crippen LogP contribution in [0.3, 0.4) is 0 Å². The van der Waals surface area contributed by atoms with Gasteiger partial charge < -0.3 is 14.5 Å². The Morgan fingerprint density at radius 2 is 1.76 bits per heavy atom. The van der Waals surface area contributed by atoms with Gasteiger partial charge in [0, 0.05) is 31.6 Å². The number of hydrogen-bond acceptors (Lipinski definition) is 3. The average Bonchev–Trinajstić information content (AvgIpc) is 2.75. The van der Waals surface area contributed by atoms with Crippen molar-refractivity contribution in [1.82, 2.24) is 9.80 Å². The number of ether oxygens (including phenoxy) is 1. The Kier molecular flexibility index (Phi) is 3.41. The van der Waals surface area contributed by atoms with Crippen molar-refractivity contribution in [3.8, 4) is 0 Å². The highest BCUT2D eigenvalue weighted by Crippen LogP contribution is 2.53. The third-order valence-corrected chi connectivity index (χ3v) is 4.97. The van der Waals surface area contributed by atoms with Crippen molar-refractivity contribution in [3.63, 3.8) is 0 Å². The molecule has 0 radical (unpaired) electrons. The second-order valence-electron chi connectivity index (χ2n) is 7.76. The summed E-state index contributed by atoms with van der Waals surface area (Å²) in [5.74, 6) is 1.19. The highest BCUT2D eigenvalue weighted by atomic mass is 16.6. The summed E-state index contributed by atoms with van der Waals surface area (Å²) in [4.78, 5) is 28.4. The van der Waals surface area contributed by atoms with Crippen molar-refractivity contribution in [2.24, 2.45) is 17.8 Å². The zero-order chi connectivity index (χ0) is 15.4. The van der Waals surface area contributed by atoms with E-state index in [0.717, 1.165) is 19.4 Å². The molecule has 0 bridgehead atoms. The number of rotatable bonds is 1. The number of hydrogen-bond donors (Lipinski definition) is 0. The lowest BCUT2D eigenvalue weighted by Crippen LogP contribution is -2.40. The summed E-state index contributed by atoms with van der Waals surface area (Å²) in [6.45, 7) is 10.0. The summed E-state index contributed by atoms with van der Waals surface area (Å²) in [6.07, 6.45) is 2.01. The molecule has 0 aromatic heterocycles. The number of carbonyl (C=O) groups is 2. The summed E-state index contributed by atoms with van der Waals surface area (Å²) >= 11 is 0. The van der Waals surface area contributed by atoms with Gasteiger partial charge in [-0.2, -0.15) is 0 Å². The summed E-state index contributed by atoms with van der Waals surface area (Å²) in [6, 6.07) is 0.390. The molecule has 1 saturated carbocycles. The van der Waals surface area contributed by atoms with Crippen LogP contribution in [0.5, 0.6) is 0 Å².